The first kappa shape index (κ1) is 18.7. The number of amides is 2. The largest absolute Gasteiger partial charge is 0.369 e. The Morgan fingerprint density at radius 2 is 1.66 bits per heavy atom. The molecule has 0 atom stereocenters. The molecule has 29 heavy (non-hydrogen) atoms. The van der Waals surface area contributed by atoms with Crippen LogP contribution in [0.3, 0.4) is 0 Å². The first-order valence-electron chi connectivity index (χ1n) is 9.42. The van der Waals surface area contributed by atoms with Crippen molar-refractivity contribution < 1.29 is 9.59 Å². The topological polar surface area (TPSA) is 57.9 Å². The molecular formula is C23H22N4O2. The van der Waals surface area contributed by atoms with Crippen molar-refractivity contribution in [1.29, 1.82) is 0 Å². The molecule has 146 valence electrons. The SMILES string of the molecule is CN(C)/C=N\C(=O)c1ccc(C(=O)N2Cc3cccn3Cc3ccccc32)cc1. The van der Waals surface area contributed by atoms with Crippen LogP contribution >= 0.6 is 0 Å². The second-order valence-corrected chi connectivity index (χ2v) is 7.24. The molecule has 6 heteroatoms. The number of hydrogen-bond acceptors (Lipinski definition) is 2. The lowest BCUT2D eigenvalue weighted by atomic mass is 10.1. The molecule has 2 heterocycles. The smallest absolute Gasteiger partial charge is 0.278 e. The molecule has 3 aromatic rings. The number of para-hydroxylation sites is 1. The lowest BCUT2D eigenvalue weighted by molar-refractivity contribution is 0.0979. The van der Waals surface area contributed by atoms with Crippen LogP contribution in [0.15, 0.2) is 71.9 Å². The zero-order chi connectivity index (χ0) is 20.4. The maximum Gasteiger partial charge on any atom is 0.278 e. The Hall–Kier alpha value is -3.67. The third-order valence-corrected chi connectivity index (χ3v) is 4.90. The zero-order valence-corrected chi connectivity index (χ0v) is 16.4. The number of anilines is 1. The lowest BCUT2D eigenvalue weighted by Gasteiger charge is -2.23. The predicted octanol–water partition coefficient (Wildman–Crippen LogP) is 3.43. The molecule has 0 saturated carbocycles. The number of benzene rings is 2. The number of aliphatic imine (C=N–C) groups is 1. The van der Waals surface area contributed by atoms with Crippen molar-refractivity contribution >= 4 is 23.8 Å². The number of hydrogen-bond donors (Lipinski definition) is 0. The number of fused-ring (bicyclic) bond motifs is 2. The van der Waals surface area contributed by atoms with Gasteiger partial charge in [-0.1, -0.05) is 18.2 Å². The van der Waals surface area contributed by atoms with Crippen molar-refractivity contribution in [2.24, 2.45) is 4.99 Å². The van der Waals surface area contributed by atoms with Gasteiger partial charge in [-0.05, 0) is 48.0 Å². The summed E-state index contributed by atoms with van der Waals surface area (Å²) in [5.41, 5.74) is 4.08. The summed E-state index contributed by atoms with van der Waals surface area (Å²) in [5.74, 6) is -0.432. The van der Waals surface area contributed by atoms with Crippen molar-refractivity contribution in [3.05, 3.63) is 89.2 Å². The second-order valence-electron chi connectivity index (χ2n) is 7.24. The summed E-state index contributed by atoms with van der Waals surface area (Å²) in [7, 11) is 3.60. The van der Waals surface area contributed by atoms with E-state index in [9.17, 15) is 9.59 Å². The van der Waals surface area contributed by atoms with E-state index < -0.39 is 0 Å². The van der Waals surface area contributed by atoms with Crippen molar-refractivity contribution in [3.63, 3.8) is 0 Å². The second kappa shape index (κ2) is 7.75. The monoisotopic (exact) mass is 386 g/mol. The number of aromatic nitrogens is 1. The Morgan fingerprint density at radius 3 is 2.41 bits per heavy atom. The molecule has 0 radical (unpaired) electrons. The van der Waals surface area contributed by atoms with Crippen LogP contribution in [0.25, 0.3) is 0 Å². The van der Waals surface area contributed by atoms with Gasteiger partial charge < -0.3 is 14.4 Å². The molecular weight excluding hydrogens is 364 g/mol. The van der Waals surface area contributed by atoms with Crippen LogP contribution < -0.4 is 4.90 Å². The third kappa shape index (κ3) is 3.82. The van der Waals surface area contributed by atoms with Crippen LogP contribution in [-0.2, 0) is 13.1 Å². The third-order valence-electron chi connectivity index (χ3n) is 4.90. The van der Waals surface area contributed by atoms with E-state index in [2.05, 4.69) is 15.6 Å². The van der Waals surface area contributed by atoms with Gasteiger partial charge in [-0.15, -0.1) is 0 Å². The van der Waals surface area contributed by atoms with Gasteiger partial charge in [0.05, 0.1) is 12.9 Å². The summed E-state index contributed by atoms with van der Waals surface area (Å²) >= 11 is 0. The highest BCUT2D eigenvalue weighted by Crippen LogP contribution is 2.29. The van der Waals surface area contributed by atoms with Gasteiger partial charge in [0.15, 0.2) is 0 Å². The van der Waals surface area contributed by atoms with E-state index in [1.807, 2.05) is 36.5 Å². The molecule has 2 aromatic carbocycles. The van der Waals surface area contributed by atoms with Crippen LogP contribution in [0.5, 0.6) is 0 Å². The Kier molecular flexibility index (Phi) is 4.99. The van der Waals surface area contributed by atoms with E-state index in [4.69, 9.17) is 0 Å². The Morgan fingerprint density at radius 1 is 0.931 bits per heavy atom. The van der Waals surface area contributed by atoms with Gasteiger partial charge in [-0.2, -0.15) is 4.99 Å². The minimum Gasteiger partial charge on any atom is -0.369 e. The summed E-state index contributed by atoms with van der Waals surface area (Å²) in [6.45, 7) is 1.23. The number of nitrogens with zero attached hydrogens (tertiary/aromatic N) is 4. The average molecular weight is 386 g/mol. The fourth-order valence-corrected chi connectivity index (χ4v) is 3.42. The van der Waals surface area contributed by atoms with Crippen LogP contribution in [0.2, 0.25) is 0 Å². The molecule has 0 unspecified atom stereocenters. The van der Waals surface area contributed by atoms with Gasteiger partial charge in [0, 0.05) is 49.3 Å². The minimum atomic E-state index is -0.337. The van der Waals surface area contributed by atoms with E-state index in [1.54, 1.807) is 48.2 Å². The van der Waals surface area contributed by atoms with E-state index in [0.717, 1.165) is 23.5 Å². The van der Waals surface area contributed by atoms with Gasteiger partial charge in [-0.3, -0.25) is 9.59 Å². The number of carbonyl (C=O) groups excluding carboxylic acids is 2. The van der Waals surface area contributed by atoms with Crippen molar-refractivity contribution in [2.45, 2.75) is 13.1 Å². The number of rotatable bonds is 3. The maximum absolute atomic E-state index is 13.3. The van der Waals surface area contributed by atoms with Crippen LogP contribution in [-0.4, -0.2) is 41.7 Å². The molecule has 0 N–H and O–H groups in total. The highest BCUT2D eigenvalue weighted by atomic mass is 16.2. The fourth-order valence-electron chi connectivity index (χ4n) is 3.42. The molecule has 0 saturated heterocycles. The summed E-state index contributed by atoms with van der Waals surface area (Å²) < 4.78 is 2.16. The highest BCUT2D eigenvalue weighted by Gasteiger charge is 2.24. The minimum absolute atomic E-state index is 0.0945. The molecule has 0 aliphatic carbocycles. The predicted molar refractivity (Wildman–Crippen MR) is 113 cm³/mol. The van der Waals surface area contributed by atoms with Crippen LogP contribution in [0.4, 0.5) is 5.69 Å². The Balaban J connectivity index is 1.63. The maximum atomic E-state index is 13.3. The quantitative estimate of drug-likeness (QED) is 0.512. The normalized spacial score (nSPS) is 13.0. The molecule has 0 spiro atoms. The Labute approximate surface area is 169 Å². The van der Waals surface area contributed by atoms with Crippen LogP contribution in [0, 0.1) is 0 Å². The molecule has 4 rings (SSSR count). The highest BCUT2D eigenvalue weighted by molar-refractivity contribution is 6.07. The van der Waals surface area contributed by atoms with Crippen molar-refractivity contribution in [3.8, 4) is 0 Å². The Bertz CT molecular complexity index is 1080. The van der Waals surface area contributed by atoms with Gasteiger partial charge >= 0.3 is 0 Å². The molecule has 0 fully saturated rings. The summed E-state index contributed by atoms with van der Waals surface area (Å²) in [5, 5.41) is 0. The molecule has 2 amide bonds. The van der Waals surface area contributed by atoms with E-state index in [1.165, 1.54) is 6.34 Å². The lowest BCUT2D eigenvalue weighted by Crippen LogP contribution is -2.30. The van der Waals surface area contributed by atoms with Gasteiger partial charge in [0.25, 0.3) is 11.8 Å². The first-order valence-corrected chi connectivity index (χ1v) is 9.42. The number of carbonyl (C=O) groups is 2. The van der Waals surface area contributed by atoms with Crippen LogP contribution in [0.1, 0.15) is 32.0 Å². The molecule has 0 bridgehead atoms. The van der Waals surface area contributed by atoms with Crippen molar-refractivity contribution in [1.82, 2.24) is 9.47 Å². The van der Waals surface area contributed by atoms with Gasteiger partial charge in [0.1, 0.15) is 0 Å². The molecule has 6 nitrogen and oxygen atoms in total. The summed E-state index contributed by atoms with van der Waals surface area (Å²) in [6.07, 6.45) is 3.50. The molecule has 1 aliphatic rings. The van der Waals surface area contributed by atoms with E-state index >= 15 is 0 Å². The van der Waals surface area contributed by atoms with Crippen molar-refractivity contribution in [2.75, 3.05) is 19.0 Å². The first-order chi connectivity index (χ1) is 14.0. The molecule has 1 aliphatic heterocycles. The standard InChI is InChI=1S/C23H22N4O2/c1-25(2)16-24-22(28)17-9-11-18(12-10-17)23(29)27-15-20-7-5-13-26(20)14-19-6-3-4-8-21(19)27/h3-13,16H,14-15H2,1-2H3/b24-16-. The van der Waals surface area contributed by atoms with Gasteiger partial charge in [-0.25, -0.2) is 0 Å². The van der Waals surface area contributed by atoms with Gasteiger partial charge in [0.2, 0.25) is 0 Å². The zero-order valence-electron chi connectivity index (χ0n) is 16.4. The summed E-state index contributed by atoms with van der Waals surface area (Å²) in [6, 6.07) is 18.7. The fraction of sp³-hybridized carbons (Fsp3) is 0.174. The van der Waals surface area contributed by atoms with E-state index in [0.29, 0.717) is 17.7 Å². The molecule has 1 aromatic heterocycles. The average Bonchev–Trinajstić information content (AvgIpc) is 3.10. The summed E-state index contributed by atoms with van der Waals surface area (Å²) in [4.78, 5) is 32.8. The van der Waals surface area contributed by atoms with E-state index in [-0.39, 0.29) is 11.8 Å².